The van der Waals surface area contributed by atoms with Gasteiger partial charge in [0.15, 0.2) is 6.10 Å². The Morgan fingerprint density at radius 1 is 1.21 bits per heavy atom. The lowest BCUT2D eigenvalue weighted by Crippen LogP contribution is -2.52. The molecule has 128 valence electrons. The van der Waals surface area contributed by atoms with E-state index in [1.54, 1.807) is 12.1 Å². The zero-order valence-corrected chi connectivity index (χ0v) is 14.5. The second kappa shape index (κ2) is 7.48. The number of ether oxygens (including phenoxy) is 1. The monoisotopic (exact) mass is 328 g/mol. The number of amides is 1. The molecule has 1 aromatic rings. The van der Waals surface area contributed by atoms with Gasteiger partial charge in [-0.1, -0.05) is 25.3 Å². The maximum Gasteiger partial charge on any atom is 0.338 e. The van der Waals surface area contributed by atoms with Crippen LogP contribution in [0.2, 0.25) is 0 Å². The van der Waals surface area contributed by atoms with Crippen molar-refractivity contribution in [2.24, 2.45) is 0 Å². The summed E-state index contributed by atoms with van der Waals surface area (Å²) in [4.78, 5) is 24.5. The van der Waals surface area contributed by atoms with Crippen LogP contribution in [0, 0.1) is 25.2 Å². The number of benzene rings is 1. The Morgan fingerprint density at radius 3 is 2.46 bits per heavy atom. The topological polar surface area (TPSA) is 79.2 Å². The van der Waals surface area contributed by atoms with Crippen LogP contribution in [0.5, 0.6) is 0 Å². The Morgan fingerprint density at radius 2 is 1.88 bits per heavy atom. The van der Waals surface area contributed by atoms with Crippen molar-refractivity contribution >= 4 is 11.9 Å². The van der Waals surface area contributed by atoms with E-state index in [0.29, 0.717) is 18.4 Å². The third-order valence-electron chi connectivity index (χ3n) is 4.68. The SMILES string of the molecule is Cc1ccc(C(=O)OC(C)C(=O)NC2(C#N)CCCCC2)cc1C. The lowest BCUT2D eigenvalue weighted by molar-refractivity contribution is -0.130. The van der Waals surface area contributed by atoms with Crippen LogP contribution in [0.25, 0.3) is 0 Å². The first-order chi connectivity index (χ1) is 11.4. The number of hydrogen-bond donors (Lipinski definition) is 1. The van der Waals surface area contributed by atoms with Crippen LogP contribution in [0.15, 0.2) is 18.2 Å². The van der Waals surface area contributed by atoms with E-state index in [4.69, 9.17) is 4.74 Å². The molecule has 2 rings (SSSR count). The minimum absolute atomic E-state index is 0.421. The van der Waals surface area contributed by atoms with Crippen molar-refractivity contribution in [2.75, 3.05) is 0 Å². The molecule has 1 fully saturated rings. The van der Waals surface area contributed by atoms with E-state index in [-0.39, 0.29) is 0 Å². The first kappa shape index (κ1) is 18.0. The van der Waals surface area contributed by atoms with Crippen molar-refractivity contribution in [2.45, 2.75) is 64.5 Å². The number of nitriles is 1. The minimum atomic E-state index is -0.939. The van der Waals surface area contributed by atoms with Gasteiger partial charge in [0.1, 0.15) is 5.54 Å². The van der Waals surface area contributed by atoms with Gasteiger partial charge in [0.05, 0.1) is 11.6 Å². The summed E-state index contributed by atoms with van der Waals surface area (Å²) in [5.74, 6) is -0.953. The second-order valence-corrected chi connectivity index (χ2v) is 6.59. The van der Waals surface area contributed by atoms with E-state index in [9.17, 15) is 14.9 Å². The van der Waals surface area contributed by atoms with Crippen LogP contribution < -0.4 is 5.32 Å². The number of carbonyl (C=O) groups is 2. The van der Waals surface area contributed by atoms with Crippen molar-refractivity contribution in [3.63, 3.8) is 0 Å². The lowest BCUT2D eigenvalue weighted by Gasteiger charge is -2.32. The van der Waals surface area contributed by atoms with Gasteiger partial charge in [-0.3, -0.25) is 4.79 Å². The first-order valence-electron chi connectivity index (χ1n) is 8.38. The highest BCUT2D eigenvalue weighted by Crippen LogP contribution is 2.27. The third kappa shape index (κ3) is 4.14. The van der Waals surface area contributed by atoms with Crippen molar-refractivity contribution in [1.29, 1.82) is 5.26 Å². The third-order valence-corrected chi connectivity index (χ3v) is 4.68. The van der Waals surface area contributed by atoms with Crippen LogP contribution in [0.3, 0.4) is 0 Å². The molecule has 1 saturated carbocycles. The van der Waals surface area contributed by atoms with Gasteiger partial charge in [-0.15, -0.1) is 0 Å². The molecule has 5 heteroatoms. The molecule has 24 heavy (non-hydrogen) atoms. The van der Waals surface area contributed by atoms with E-state index in [1.165, 1.54) is 6.92 Å². The number of esters is 1. The standard InChI is InChI=1S/C19H24N2O3/c1-13-7-8-16(11-14(13)2)18(23)24-15(3)17(22)21-19(12-20)9-5-4-6-10-19/h7-8,11,15H,4-6,9-10H2,1-3H3,(H,21,22). The van der Waals surface area contributed by atoms with Crippen molar-refractivity contribution in [3.05, 3.63) is 34.9 Å². The number of aryl methyl sites for hydroxylation is 2. The van der Waals surface area contributed by atoms with Gasteiger partial charge >= 0.3 is 5.97 Å². The molecule has 0 spiro atoms. The summed E-state index contributed by atoms with van der Waals surface area (Å²) in [5.41, 5.74) is 1.68. The number of hydrogen-bond acceptors (Lipinski definition) is 4. The van der Waals surface area contributed by atoms with Gasteiger partial charge in [0, 0.05) is 0 Å². The molecule has 1 amide bonds. The maximum absolute atomic E-state index is 12.3. The summed E-state index contributed by atoms with van der Waals surface area (Å²) >= 11 is 0. The number of rotatable bonds is 4. The molecule has 0 radical (unpaired) electrons. The average molecular weight is 328 g/mol. The average Bonchev–Trinajstić information content (AvgIpc) is 2.58. The van der Waals surface area contributed by atoms with E-state index >= 15 is 0 Å². The highest BCUT2D eigenvalue weighted by atomic mass is 16.5. The van der Waals surface area contributed by atoms with Crippen molar-refractivity contribution < 1.29 is 14.3 Å². The Hall–Kier alpha value is -2.35. The molecular weight excluding hydrogens is 304 g/mol. The second-order valence-electron chi connectivity index (χ2n) is 6.59. The molecule has 1 atom stereocenters. The van der Waals surface area contributed by atoms with Gasteiger partial charge in [0.25, 0.3) is 5.91 Å². The molecular formula is C19H24N2O3. The first-order valence-corrected chi connectivity index (χ1v) is 8.38. The van der Waals surface area contributed by atoms with E-state index in [2.05, 4.69) is 11.4 Å². The Kier molecular flexibility index (Phi) is 5.61. The molecule has 1 aliphatic carbocycles. The highest BCUT2D eigenvalue weighted by Gasteiger charge is 2.35. The van der Waals surface area contributed by atoms with Gasteiger partial charge in [-0.05, 0) is 56.9 Å². The molecule has 1 aromatic carbocycles. The van der Waals surface area contributed by atoms with Crippen LogP contribution in [0.1, 0.15) is 60.5 Å². The summed E-state index contributed by atoms with van der Waals surface area (Å²) in [6.45, 7) is 5.41. The molecule has 0 bridgehead atoms. The highest BCUT2D eigenvalue weighted by molar-refractivity contribution is 5.92. The predicted octanol–water partition coefficient (Wildman–Crippen LogP) is 3.19. The molecule has 0 saturated heterocycles. The summed E-state index contributed by atoms with van der Waals surface area (Å²) in [7, 11) is 0. The van der Waals surface area contributed by atoms with Crippen LogP contribution in [0.4, 0.5) is 0 Å². The van der Waals surface area contributed by atoms with Crippen LogP contribution >= 0.6 is 0 Å². The molecule has 5 nitrogen and oxygen atoms in total. The normalized spacial score (nSPS) is 17.4. The zero-order valence-electron chi connectivity index (χ0n) is 14.5. The number of nitrogens with one attached hydrogen (secondary N) is 1. The van der Waals surface area contributed by atoms with Gasteiger partial charge in [0.2, 0.25) is 0 Å². The molecule has 1 unspecified atom stereocenters. The van der Waals surface area contributed by atoms with E-state index in [1.807, 2.05) is 19.9 Å². The molecule has 0 aliphatic heterocycles. The minimum Gasteiger partial charge on any atom is -0.449 e. The molecule has 0 aromatic heterocycles. The van der Waals surface area contributed by atoms with Crippen molar-refractivity contribution in [3.8, 4) is 6.07 Å². The number of nitrogens with zero attached hydrogens (tertiary/aromatic N) is 1. The smallest absolute Gasteiger partial charge is 0.338 e. The quantitative estimate of drug-likeness (QED) is 0.861. The lowest BCUT2D eigenvalue weighted by atomic mass is 9.83. The van der Waals surface area contributed by atoms with E-state index in [0.717, 1.165) is 30.4 Å². The summed E-state index contributed by atoms with van der Waals surface area (Å²) in [6.07, 6.45) is 3.28. The molecule has 1 N–H and O–H groups in total. The van der Waals surface area contributed by atoms with E-state index < -0.39 is 23.5 Å². The van der Waals surface area contributed by atoms with Crippen LogP contribution in [-0.2, 0) is 9.53 Å². The summed E-state index contributed by atoms with van der Waals surface area (Å²) in [6, 6.07) is 7.52. The summed E-state index contributed by atoms with van der Waals surface area (Å²) < 4.78 is 5.26. The largest absolute Gasteiger partial charge is 0.449 e. The molecule has 0 heterocycles. The Balaban J connectivity index is 1.99. The van der Waals surface area contributed by atoms with Gasteiger partial charge in [-0.25, -0.2) is 4.79 Å². The zero-order chi connectivity index (χ0) is 17.7. The van der Waals surface area contributed by atoms with Crippen molar-refractivity contribution in [1.82, 2.24) is 5.32 Å². The maximum atomic E-state index is 12.3. The fraction of sp³-hybridized carbons (Fsp3) is 0.526. The van der Waals surface area contributed by atoms with Gasteiger partial charge in [-0.2, -0.15) is 5.26 Å². The fourth-order valence-corrected chi connectivity index (χ4v) is 2.91. The number of carbonyl (C=O) groups excluding carboxylic acids is 2. The Bertz CT molecular complexity index is 670. The predicted molar refractivity (Wildman–Crippen MR) is 90.4 cm³/mol. The van der Waals surface area contributed by atoms with Crippen LogP contribution in [-0.4, -0.2) is 23.5 Å². The Labute approximate surface area is 143 Å². The van der Waals surface area contributed by atoms with Gasteiger partial charge < -0.3 is 10.1 Å². The fourth-order valence-electron chi connectivity index (χ4n) is 2.91. The summed E-state index contributed by atoms with van der Waals surface area (Å²) in [5, 5.41) is 12.2. The molecule has 1 aliphatic rings.